The van der Waals surface area contributed by atoms with E-state index in [1.165, 1.54) is 18.4 Å². The quantitative estimate of drug-likeness (QED) is 0.270. The number of methoxy groups -OCH3 is 1. The Kier molecular flexibility index (Phi) is 8.80. The third kappa shape index (κ3) is 6.24. The highest BCUT2D eigenvalue weighted by Gasteiger charge is 2.20. The minimum atomic E-state index is -0.409. The van der Waals surface area contributed by atoms with Gasteiger partial charge in [-0.2, -0.15) is 0 Å². The molecule has 1 unspecified atom stereocenters. The summed E-state index contributed by atoms with van der Waals surface area (Å²) < 4.78 is 37.5. The van der Waals surface area contributed by atoms with Gasteiger partial charge in [-0.05, 0) is 51.2 Å². The molecule has 2 heterocycles. The average molecular weight is 453 g/mol. The molecule has 0 radical (unpaired) electrons. The Bertz CT molecular complexity index is 903. The van der Waals surface area contributed by atoms with Crippen LogP contribution in [0.1, 0.15) is 60.7 Å². The highest BCUT2D eigenvalue weighted by Crippen LogP contribution is 2.36. The largest absolute Gasteiger partial charge is 0.496 e. The molecule has 31 heavy (non-hydrogen) atoms. The van der Waals surface area contributed by atoms with Crippen LogP contribution in [0.5, 0.6) is 5.75 Å². The monoisotopic (exact) mass is 452 g/mol. The predicted octanol–water partition coefficient (Wildman–Crippen LogP) is 5.05. The van der Waals surface area contributed by atoms with Gasteiger partial charge in [0.05, 0.1) is 31.6 Å². The van der Waals surface area contributed by atoms with E-state index in [-0.39, 0.29) is 37.3 Å². The van der Waals surface area contributed by atoms with E-state index in [0.29, 0.717) is 45.7 Å². The lowest BCUT2D eigenvalue weighted by molar-refractivity contribution is -0.162. The summed E-state index contributed by atoms with van der Waals surface area (Å²) in [6.45, 7) is 3.20. The van der Waals surface area contributed by atoms with Crippen molar-refractivity contribution in [3.8, 4) is 5.75 Å². The fourth-order valence-electron chi connectivity index (χ4n) is 3.59. The molecule has 0 amide bonds. The Labute approximate surface area is 185 Å². The first-order valence-corrected chi connectivity index (χ1v) is 11.6. The van der Waals surface area contributed by atoms with Gasteiger partial charge in [-0.25, -0.2) is 4.39 Å². The number of Topliss-reactive ketones (excluding diaryl/α,β-unsaturated/α-hetero) is 1. The Morgan fingerprint density at radius 3 is 2.81 bits per heavy atom. The van der Waals surface area contributed by atoms with Crippen LogP contribution in [-0.2, 0) is 25.4 Å². The van der Waals surface area contributed by atoms with E-state index < -0.39 is 5.97 Å². The highest BCUT2D eigenvalue weighted by atomic mass is 32.1. The Morgan fingerprint density at radius 2 is 2.10 bits per heavy atom. The van der Waals surface area contributed by atoms with Crippen LogP contribution in [0.25, 0.3) is 10.1 Å². The molecule has 0 spiro atoms. The highest BCUT2D eigenvalue weighted by molar-refractivity contribution is 7.20. The minimum Gasteiger partial charge on any atom is -0.496 e. The number of hydrogen-bond donors (Lipinski definition) is 0. The molecule has 1 atom stereocenters. The summed E-state index contributed by atoms with van der Waals surface area (Å²) in [6.07, 6.45) is 4.04. The molecule has 1 aliphatic rings. The summed E-state index contributed by atoms with van der Waals surface area (Å²) in [5.41, 5.74) is 0.478. The Balaban J connectivity index is 1.66. The molecule has 1 aromatic carbocycles. The molecule has 170 valence electrons. The number of fused-ring (bicyclic) bond motifs is 1. The number of ketones is 1. The normalized spacial score (nSPS) is 16.4. The van der Waals surface area contributed by atoms with Crippen LogP contribution in [0.15, 0.2) is 12.1 Å². The van der Waals surface area contributed by atoms with Crippen molar-refractivity contribution in [1.82, 2.24) is 0 Å². The van der Waals surface area contributed by atoms with E-state index in [1.807, 2.05) is 0 Å². The lowest BCUT2D eigenvalue weighted by atomic mass is 10.0. The van der Waals surface area contributed by atoms with Crippen molar-refractivity contribution in [1.29, 1.82) is 0 Å². The van der Waals surface area contributed by atoms with Gasteiger partial charge in [0.2, 0.25) is 0 Å². The topological polar surface area (TPSA) is 71.1 Å². The van der Waals surface area contributed by atoms with Crippen molar-refractivity contribution in [2.24, 2.45) is 0 Å². The zero-order valence-electron chi connectivity index (χ0n) is 18.0. The molecule has 8 heteroatoms. The molecular formula is C23H29FO6S. The molecule has 2 aromatic rings. The van der Waals surface area contributed by atoms with Gasteiger partial charge in [-0.3, -0.25) is 9.59 Å². The number of halogens is 1. The standard InChI is InChI=1S/C23H29FO6S/c1-3-28-21(26)10-9-17(25)20-13-16-19(31-20)14-18(27-2)15(23(16)24)7-6-12-30-22-8-4-5-11-29-22/h13-14,22H,3-12H2,1-2H3. The van der Waals surface area contributed by atoms with Crippen LogP contribution in [0.4, 0.5) is 4.39 Å². The summed E-state index contributed by atoms with van der Waals surface area (Å²) in [4.78, 5) is 24.4. The van der Waals surface area contributed by atoms with Gasteiger partial charge in [0.1, 0.15) is 11.6 Å². The molecule has 1 fully saturated rings. The summed E-state index contributed by atoms with van der Waals surface area (Å²) in [5.74, 6) is -0.516. The molecule has 0 bridgehead atoms. The van der Waals surface area contributed by atoms with Gasteiger partial charge in [-0.1, -0.05) is 0 Å². The Morgan fingerprint density at radius 1 is 1.26 bits per heavy atom. The number of carbonyl (C=O) groups is 2. The SMILES string of the molecule is CCOC(=O)CCC(=O)c1cc2c(F)c(CCCOC3CCCCO3)c(OC)cc2s1. The predicted molar refractivity (Wildman–Crippen MR) is 116 cm³/mol. The van der Waals surface area contributed by atoms with Crippen LogP contribution in [-0.4, -0.2) is 45.0 Å². The van der Waals surface area contributed by atoms with Crippen molar-refractivity contribution >= 4 is 33.2 Å². The van der Waals surface area contributed by atoms with E-state index in [9.17, 15) is 9.59 Å². The number of ether oxygens (including phenoxy) is 4. The molecule has 0 aliphatic carbocycles. The number of thiophene rings is 1. The second kappa shape index (κ2) is 11.5. The minimum absolute atomic E-state index is 0.0165. The summed E-state index contributed by atoms with van der Waals surface area (Å²) in [6, 6.07) is 3.34. The zero-order valence-corrected chi connectivity index (χ0v) is 18.9. The molecule has 0 N–H and O–H groups in total. The van der Waals surface area contributed by atoms with Gasteiger partial charge >= 0.3 is 5.97 Å². The number of esters is 1. The van der Waals surface area contributed by atoms with Gasteiger partial charge < -0.3 is 18.9 Å². The molecule has 1 aliphatic heterocycles. The zero-order chi connectivity index (χ0) is 22.2. The second-order valence-electron chi connectivity index (χ2n) is 7.39. The summed E-state index contributed by atoms with van der Waals surface area (Å²) >= 11 is 1.21. The smallest absolute Gasteiger partial charge is 0.306 e. The van der Waals surface area contributed by atoms with Crippen molar-refractivity contribution in [2.45, 2.75) is 58.2 Å². The van der Waals surface area contributed by atoms with Crippen molar-refractivity contribution in [3.05, 3.63) is 28.4 Å². The molecule has 6 nitrogen and oxygen atoms in total. The maximum atomic E-state index is 15.3. The van der Waals surface area contributed by atoms with Crippen molar-refractivity contribution < 1.29 is 32.9 Å². The maximum absolute atomic E-state index is 15.3. The molecule has 1 aromatic heterocycles. The third-order valence-corrected chi connectivity index (χ3v) is 6.31. The first-order valence-electron chi connectivity index (χ1n) is 10.7. The number of benzene rings is 1. The van der Waals surface area contributed by atoms with Gasteiger partial charge in [0, 0.05) is 28.7 Å². The van der Waals surface area contributed by atoms with Crippen LogP contribution in [0, 0.1) is 5.82 Å². The lowest BCUT2D eigenvalue weighted by Crippen LogP contribution is -2.22. The van der Waals surface area contributed by atoms with E-state index in [1.54, 1.807) is 19.1 Å². The first-order chi connectivity index (χ1) is 15.0. The second-order valence-corrected chi connectivity index (χ2v) is 8.48. The van der Waals surface area contributed by atoms with Gasteiger partial charge in [0.25, 0.3) is 0 Å². The van der Waals surface area contributed by atoms with Crippen molar-refractivity contribution in [2.75, 3.05) is 26.9 Å². The van der Waals surface area contributed by atoms with Crippen LogP contribution in [0.2, 0.25) is 0 Å². The number of carbonyl (C=O) groups excluding carboxylic acids is 2. The molecule has 0 saturated carbocycles. The lowest BCUT2D eigenvalue weighted by Gasteiger charge is -2.22. The molecule has 3 rings (SSSR count). The van der Waals surface area contributed by atoms with E-state index in [4.69, 9.17) is 18.9 Å². The van der Waals surface area contributed by atoms with Crippen LogP contribution >= 0.6 is 11.3 Å². The summed E-state index contributed by atoms with van der Waals surface area (Å²) in [5, 5.41) is 0.400. The number of hydrogen-bond acceptors (Lipinski definition) is 7. The van der Waals surface area contributed by atoms with Crippen LogP contribution < -0.4 is 4.74 Å². The number of rotatable bonds is 11. The van der Waals surface area contributed by atoms with Crippen LogP contribution in [0.3, 0.4) is 0 Å². The van der Waals surface area contributed by atoms with Crippen molar-refractivity contribution in [3.63, 3.8) is 0 Å². The van der Waals surface area contributed by atoms with E-state index in [2.05, 4.69) is 0 Å². The fourth-order valence-corrected chi connectivity index (χ4v) is 4.65. The third-order valence-electron chi connectivity index (χ3n) is 5.19. The first kappa shape index (κ1) is 23.6. The average Bonchev–Trinajstić information content (AvgIpc) is 3.21. The van der Waals surface area contributed by atoms with Gasteiger partial charge in [-0.15, -0.1) is 11.3 Å². The maximum Gasteiger partial charge on any atom is 0.306 e. The van der Waals surface area contributed by atoms with Gasteiger partial charge in [0.15, 0.2) is 12.1 Å². The molecule has 1 saturated heterocycles. The summed E-state index contributed by atoms with van der Waals surface area (Å²) in [7, 11) is 1.51. The van der Waals surface area contributed by atoms with E-state index >= 15 is 4.39 Å². The molecular weight excluding hydrogens is 423 g/mol. The fraction of sp³-hybridized carbons (Fsp3) is 0.565. The Hall–Kier alpha value is -2.03. The van der Waals surface area contributed by atoms with E-state index in [0.717, 1.165) is 25.9 Å².